The zero-order valence-corrected chi connectivity index (χ0v) is 22.3. The highest BCUT2D eigenvalue weighted by Gasteiger charge is 2.54. The van der Waals surface area contributed by atoms with E-state index in [9.17, 15) is 9.59 Å². The molecule has 3 atom stereocenters. The molecule has 0 radical (unpaired) electrons. The van der Waals surface area contributed by atoms with Gasteiger partial charge < -0.3 is 10.1 Å². The van der Waals surface area contributed by atoms with Crippen LogP contribution in [-0.2, 0) is 15.5 Å². The van der Waals surface area contributed by atoms with Crippen molar-refractivity contribution in [1.82, 2.24) is 10.2 Å². The van der Waals surface area contributed by atoms with Crippen molar-refractivity contribution < 1.29 is 23.1 Å². The number of nitrogens with zero attached hydrogens (tertiary/aromatic N) is 1. The first-order valence-corrected chi connectivity index (χ1v) is 13.1. The first-order valence-electron chi connectivity index (χ1n) is 13.1. The van der Waals surface area contributed by atoms with Crippen LogP contribution in [0.15, 0.2) is 54.6 Å². The van der Waals surface area contributed by atoms with Crippen LogP contribution < -0.4 is 5.32 Å². The van der Waals surface area contributed by atoms with Crippen LogP contribution in [0.3, 0.4) is 0 Å². The van der Waals surface area contributed by atoms with E-state index in [1.807, 2.05) is 51.1 Å². The lowest BCUT2D eigenvalue weighted by molar-refractivity contribution is -0.148. The highest BCUT2D eigenvalue weighted by atomic mass is 19.3. The van der Waals surface area contributed by atoms with Crippen LogP contribution in [0.25, 0.3) is 11.1 Å². The summed E-state index contributed by atoms with van der Waals surface area (Å²) < 4.78 is 37.3. The zero-order valence-electron chi connectivity index (χ0n) is 22.3. The average molecular weight is 513 g/mol. The Bertz CT molecular complexity index is 1080. The number of carbonyl (C=O) groups excluding carboxylic acids is 2. The molecule has 200 valence electrons. The van der Waals surface area contributed by atoms with Gasteiger partial charge >= 0.3 is 6.09 Å². The van der Waals surface area contributed by atoms with Crippen molar-refractivity contribution in [2.75, 3.05) is 14.1 Å². The third-order valence-electron chi connectivity index (χ3n) is 7.65. The number of halogens is 2. The number of hydrogen-bond donors (Lipinski definition) is 1. The number of amides is 1. The van der Waals surface area contributed by atoms with E-state index in [0.29, 0.717) is 12.8 Å². The van der Waals surface area contributed by atoms with Crippen molar-refractivity contribution in [3.63, 3.8) is 0 Å². The number of alkyl halides is 2. The molecule has 1 amide bonds. The van der Waals surface area contributed by atoms with Crippen molar-refractivity contribution in [1.29, 1.82) is 0 Å². The molecule has 2 aromatic carbocycles. The van der Waals surface area contributed by atoms with Gasteiger partial charge in [-0.3, -0.25) is 9.69 Å². The third kappa shape index (κ3) is 6.03. The molecule has 2 aromatic rings. The van der Waals surface area contributed by atoms with Crippen molar-refractivity contribution in [3.8, 4) is 11.1 Å². The minimum atomic E-state index is -3.35. The Labute approximate surface area is 218 Å². The number of carbonyl (C=O) groups is 2. The molecule has 0 aromatic heterocycles. The van der Waals surface area contributed by atoms with Gasteiger partial charge in [0.05, 0.1) is 0 Å². The van der Waals surface area contributed by atoms with E-state index < -0.39 is 35.4 Å². The second-order valence-corrected chi connectivity index (χ2v) is 11.8. The lowest BCUT2D eigenvalue weighted by Crippen LogP contribution is -2.53. The second-order valence-electron chi connectivity index (χ2n) is 11.8. The Balaban J connectivity index is 1.50. The summed E-state index contributed by atoms with van der Waals surface area (Å²) in [6.45, 7) is 5.42. The Morgan fingerprint density at radius 1 is 0.919 bits per heavy atom. The lowest BCUT2D eigenvalue weighted by Gasteiger charge is -2.39. The van der Waals surface area contributed by atoms with Crippen LogP contribution in [0.5, 0.6) is 0 Å². The number of likely N-dealkylation sites (N-methyl/N-ethyl adjacent to an activating group) is 1. The molecule has 0 aliphatic heterocycles. The van der Waals surface area contributed by atoms with E-state index in [1.54, 1.807) is 26.2 Å². The van der Waals surface area contributed by atoms with E-state index in [4.69, 9.17) is 4.74 Å². The zero-order chi connectivity index (χ0) is 27.0. The molecule has 37 heavy (non-hydrogen) atoms. The molecule has 3 unspecified atom stereocenters. The first-order chi connectivity index (χ1) is 17.4. The standard InChI is InChI=1S/C30H38F2N2O3/c1-29(2,3)37-28(36)33-24-17-21-11-12-22(18-24)25(21)26(35)27(34(4)5)30(31,32)23-15-13-20(14-16-23)19-9-7-6-8-10-19/h6-10,13-16,21-22,24-25,27H,11-12,17-18H2,1-5H3,(H,33,36). The number of rotatable bonds is 7. The maximum Gasteiger partial charge on any atom is 0.407 e. The van der Waals surface area contributed by atoms with Crippen LogP contribution in [0.2, 0.25) is 0 Å². The van der Waals surface area contributed by atoms with Gasteiger partial charge in [-0.1, -0.05) is 54.6 Å². The van der Waals surface area contributed by atoms with Gasteiger partial charge in [0.25, 0.3) is 5.92 Å². The fourth-order valence-electron chi connectivity index (χ4n) is 6.20. The van der Waals surface area contributed by atoms with Crippen molar-refractivity contribution in [3.05, 3.63) is 60.2 Å². The molecule has 2 saturated carbocycles. The monoisotopic (exact) mass is 512 g/mol. The predicted molar refractivity (Wildman–Crippen MR) is 140 cm³/mol. The molecule has 2 aliphatic rings. The van der Waals surface area contributed by atoms with Gasteiger partial charge in [0.1, 0.15) is 11.6 Å². The molecule has 7 heteroatoms. The predicted octanol–water partition coefficient (Wildman–Crippen LogP) is 6.27. The number of ether oxygens (including phenoxy) is 1. The van der Waals surface area contributed by atoms with Gasteiger partial charge in [-0.2, -0.15) is 8.78 Å². The quantitative estimate of drug-likeness (QED) is 0.475. The molecule has 5 nitrogen and oxygen atoms in total. The topological polar surface area (TPSA) is 58.6 Å². The summed E-state index contributed by atoms with van der Waals surface area (Å²) in [5.41, 5.74) is 1.04. The maximum atomic E-state index is 16.0. The fourth-order valence-corrected chi connectivity index (χ4v) is 6.20. The normalized spacial score (nSPS) is 24.5. The van der Waals surface area contributed by atoms with Gasteiger partial charge in [0, 0.05) is 17.5 Å². The van der Waals surface area contributed by atoms with Crippen molar-refractivity contribution in [2.24, 2.45) is 17.8 Å². The molecular formula is C30H38F2N2O3. The summed E-state index contributed by atoms with van der Waals surface area (Å²) in [5.74, 6) is -4.22. The van der Waals surface area contributed by atoms with Crippen LogP contribution in [-0.4, -0.2) is 48.6 Å². The number of alkyl carbamates (subject to hydrolysis) is 1. The molecule has 2 fully saturated rings. The van der Waals surface area contributed by atoms with E-state index in [-0.39, 0.29) is 23.4 Å². The molecule has 0 spiro atoms. The van der Waals surface area contributed by atoms with Crippen molar-refractivity contribution >= 4 is 11.9 Å². The maximum absolute atomic E-state index is 16.0. The first kappa shape index (κ1) is 27.2. The molecule has 0 heterocycles. The fraction of sp³-hybridized carbons (Fsp3) is 0.533. The van der Waals surface area contributed by atoms with Gasteiger partial charge in [-0.15, -0.1) is 0 Å². The number of hydrogen-bond acceptors (Lipinski definition) is 4. The van der Waals surface area contributed by atoms with Gasteiger partial charge in [0.15, 0.2) is 5.78 Å². The van der Waals surface area contributed by atoms with Crippen LogP contribution in [0, 0.1) is 17.8 Å². The van der Waals surface area contributed by atoms with Crippen molar-refractivity contribution in [2.45, 2.75) is 70.1 Å². The number of fused-ring (bicyclic) bond motifs is 2. The smallest absolute Gasteiger partial charge is 0.407 e. The van der Waals surface area contributed by atoms with E-state index in [1.165, 1.54) is 17.0 Å². The number of Topliss-reactive ketones (excluding diaryl/α,β-unsaturated/α-hetero) is 1. The molecule has 0 saturated heterocycles. The molecule has 1 N–H and O–H groups in total. The summed E-state index contributed by atoms with van der Waals surface area (Å²) >= 11 is 0. The minimum absolute atomic E-state index is 0.0232. The highest BCUT2D eigenvalue weighted by molar-refractivity contribution is 5.88. The van der Waals surface area contributed by atoms with Crippen LogP contribution in [0.4, 0.5) is 13.6 Å². The van der Waals surface area contributed by atoms with Gasteiger partial charge in [0.2, 0.25) is 0 Å². The average Bonchev–Trinajstić information content (AvgIpc) is 3.08. The number of benzene rings is 2. The molecule has 4 rings (SSSR count). The Morgan fingerprint density at radius 3 is 1.97 bits per heavy atom. The van der Waals surface area contributed by atoms with E-state index >= 15 is 8.78 Å². The Morgan fingerprint density at radius 2 is 1.46 bits per heavy atom. The van der Waals surface area contributed by atoms with Gasteiger partial charge in [-0.05, 0) is 83.5 Å². The summed E-state index contributed by atoms with van der Waals surface area (Å²) in [7, 11) is 3.10. The Hall–Kier alpha value is -2.80. The van der Waals surface area contributed by atoms with Gasteiger partial charge in [-0.25, -0.2) is 4.79 Å². The molecule has 2 bridgehead atoms. The van der Waals surface area contributed by atoms with E-state index in [2.05, 4.69) is 5.32 Å². The summed E-state index contributed by atoms with van der Waals surface area (Å²) in [6.07, 6.45) is 2.35. The lowest BCUT2D eigenvalue weighted by atomic mass is 9.71. The minimum Gasteiger partial charge on any atom is -0.444 e. The Kier molecular flexibility index (Phi) is 7.75. The molecular weight excluding hydrogens is 474 g/mol. The second kappa shape index (κ2) is 10.5. The third-order valence-corrected chi connectivity index (χ3v) is 7.65. The SMILES string of the molecule is CN(C)C(C(=O)C1C2CCC1CC(NC(=O)OC(C)(C)C)C2)C(F)(F)c1ccc(-c2ccccc2)cc1. The largest absolute Gasteiger partial charge is 0.444 e. The summed E-state index contributed by atoms with van der Waals surface area (Å²) in [6, 6.07) is 14.2. The summed E-state index contributed by atoms with van der Waals surface area (Å²) in [5, 5.41) is 2.93. The van der Waals surface area contributed by atoms with Crippen LogP contribution >= 0.6 is 0 Å². The van der Waals surface area contributed by atoms with E-state index in [0.717, 1.165) is 24.0 Å². The number of ketones is 1. The summed E-state index contributed by atoms with van der Waals surface area (Å²) in [4.78, 5) is 27.4. The molecule has 2 aliphatic carbocycles. The number of nitrogens with one attached hydrogen (secondary N) is 1. The highest BCUT2D eigenvalue weighted by Crippen LogP contribution is 2.49. The van der Waals surface area contributed by atoms with Crippen LogP contribution in [0.1, 0.15) is 52.0 Å².